The summed E-state index contributed by atoms with van der Waals surface area (Å²) in [5.74, 6) is -0.419. The van der Waals surface area contributed by atoms with Crippen LogP contribution in [0.15, 0.2) is 11.1 Å². The lowest BCUT2D eigenvalue weighted by molar-refractivity contribution is -0.134. The van der Waals surface area contributed by atoms with Crippen molar-refractivity contribution in [3.8, 4) is 0 Å². The second-order valence-electron chi connectivity index (χ2n) is 1.25. The lowest BCUT2D eigenvalue weighted by atomic mass is 10.5. The molecule has 0 amide bonds. The van der Waals surface area contributed by atoms with Gasteiger partial charge in [-0.15, -0.1) is 0 Å². The number of rotatable bonds is 1. The molecule has 0 aromatic carbocycles. The first kappa shape index (κ1) is 7.50. The third kappa shape index (κ3) is 3.68. The van der Waals surface area contributed by atoms with Crippen molar-refractivity contribution in [2.75, 3.05) is 7.11 Å². The van der Waals surface area contributed by atoms with Crippen molar-refractivity contribution in [2.24, 2.45) is 0 Å². The highest BCUT2D eigenvalue weighted by molar-refractivity contribution is 6.30. The molecule has 0 saturated carbocycles. The van der Waals surface area contributed by atoms with Gasteiger partial charge in [0.1, 0.15) is 0 Å². The van der Waals surface area contributed by atoms with Gasteiger partial charge in [-0.3, -0.25) is 0 Å². The van der Waals surface area contributed by atoms with Crippen LogP contribution in [0, 0.1) is 0 Å². The van der Waals surface area contributed by atoms with Crippen LogP contribution < -0.4 is 0 Å². The molecule has 0 aliphatic carbocycles. The van der Waals surface area contributed by atoms with Gasteiger partial charge >= 0.3 is 5.97 Å². The zero-order chi connectivity index (χ0) is 6.57. The van der Waals surface area contributed by atoms with E-state index in [2.05, 4.69) is 4.74 Å². The van der Waals surface area contributed by atoms with E-state index in [1.165, 1.54) is 13.2 Å². The fraction of sp³-hybridized carbons (Fsp3) is 0.400. The molecule has 0 heterocycles. The lowest BCUT2D eigenvalue weighted by Crippen LogP contribution is -1.93. The second-order valence-corrected chi connectivity index (χ2v) is 1.85. The summed E-state index contributed by atoms with van der Waals surface area (Å²) >= 11 is 5.31. The number of hydrogen-bond acceptors (Lipinski definition) is 2. The van der Waals surface area contributed by atoms with Gasteiger partial charge in [-0.2, -0.15) is 0 Å². The average molecular weight is 135 g/mol. The summed E-state index contributed by atoms with van der Waals surface area (Å²) in [6.07, 6.45) is 1.21. The SMILES string of the molecule is COC(=O)C=C(C)Cl. The first-order valence-corrected chi connectivity index (χ1v) is 2.46. The largest absolute Gasteiger partial charge is 0.466 e. The van der Waals surface area contributed by atoms with Crippen LogP contribution in [0.5, 0.6) is 0 Å². The van der Waals surface area contributed by atoms with Gasteiger partial charge in [0, 0.05) is 11.1 Å². The molecule has 0 spiro atoms. The molecular formula is C5H7ClO2. The maximum atomic E-state index is 10.2. The number of ether oxygens (including phenoxy) is 1. The molecule has 0 aromatic rings. The molecule has 0 radical (unpaired) electrons. The predicted molar refractivity (Wildman–Crippen MR) is 31.6 cm³/mol. The third-order valence-corrected chi connectivity index (χ3v) is 0.627. The summed E-state index contributed by atoms with van der Waals surface area (Å²) in [6, 6.07) is 0. The second kappa shape index (κ2) is 3.50. The van der Waals surface area contributed by atoms with Gasteiger partial charge in [0.05, 0.1) is 7.11 Å². The van der Waals surface area contributed by atoms with Gasteiger partial charge in [-0.1, -0.05) is 11.6 Å². The van der Waals surface area contributed by atoms with Crippen LogP contribution in [-0.4, -0.2) is 13.1 Å². The zero-order valence-corrected chi connectivity index (χ0v) is 5.53. The summed E-state index contributed by atoms with van der Waals surface area (Å²) < 4.78 is 4.26. The molecule has 0 bridgehead atoms. The Morgan fingerprint density at radius 3 is 2.38 bits per heavy atom. The number of methoxy groups -OCH3 is 1. The summed E-state index contributed by atoms with van der Waals surface area (Å²) in [5.41, 5.74) is 0. The maximum Gasteiger partial charge on any atom is 0.331 e. The van der Waals surface area contributed by atoms with Crippen molar-refractivity contribution in [3.63, 3.8) is 0 Å². The molecule has 0 unspecified atom stereocenters. The molecule has 8 heavy (non-hydrogen) atoms. The van der Waals surface area contributed by atoms with E-state index >= 15 is 0 Å². The highest BCUT2D eigenvalue weighted by atomic mass is 35.5. The molecule has 0 aliphatic heterocycles. The van der Waals surface area contributed by atoms with Gasteiger partial charge in [-0.25, -0.2) is 4.79 Å². The van der Waals surface area contributed by atoms with E-state index in [9.17, 15) is 4.79 Å². The van der Waals surface area contributed by atoms with Gasteiger partial charge in [0.15, 0.2) is 0 Å². The van der Waals surface area contributed by atoms with Crippen molar-refractivity contribution in [3.05, 3.63) is 11.1 Å². The Hall–Kier alpha value is -0.500. The van der Waals surface area contributed by atoms with Crippen LogP contribution in [0.3, 0.4) is 0 Å². The van der Waals surface area contributed by atoms with Crippen molar-refractivity contribution in [1.82, 2.24) is 0 Å². The van der Waals surface area contributed by atoms with Crippen LogP contribution >= 0.6 is 11.6 Å². The Morgan fingerprint density at radius 1 is 1.75 bits per heavy atom. The Kier molecular flexibility index (Phi) is 3.28. The van der Waals surface area contributed by atoms with Gasteiger partial charge < -0.3 is 4.74 Å². The number of halogens is 1. The molecule has 0 aliphatic rings. The van der Waals surface area contributed by atoms with Gasteiger partial charge in [-0.05, 0) is 6.92 Å². The quantitative estimate of drug-likeness (QED) is 0.399. The Morgan fingerprint density at radius 2 is 2.25 bits per heavy atom. The molecule has 3 heteroatoms. The van der Waals surface area contributed by atoms with Crippen LogP contribution in [0.2, 0.25) is 0 Å². The van der Waals surface area contributed by atoms with Crippen molar-refractivity contribution < 1.29 is 9.53 Å². The monoisotopic (exact) mass is 134 g/mol. The minimum Gasteiger partial charge on any atom is -0.466 e. The van der Waals surface area contributed by atoms with Crippen LogP contribution in [0.25, 0.3) is 0 Å². The van der Waals surface area contributed by atoms with Crippen molar-refractivity contribution in [2.45, 2.75) is 6.92 Å². The van der Waals surface area contributed by atoms with E-state index in [1.54, 1.807) is 6.92 Å². The maximum absolute atomic E-state index is 10.2. The fourth-order valence-corrected chi connectivity index (χ4v) is 0.310. The van der Waals surface area contributed by atoms with Crippen LogP contribution in [-0.2, 0) is 9.53 Å². The molecule has 0 saturated heterocycles. The minimum atomic E-state index is -0.419. The van der Waals surface area contributed by atoms with Crippen molar-refractivity contribution in [1.29, 1.82) is 0 Å². The summed E-state index contributed by atoms with van der Waals surface area (Å²) in [6.45, 7) is 1.61. The van der Waals surface area contributed by atoms with E-state index in [0.717, 1.165) is 0 Å². The highest BCUT2D eigenvalue weighted by Crippen LogP contribution is 1.96. The van der Waals surface area contributed by atoms with Gasteiger partial charge in [0.25, 0.3) is 0 Å². The first-order chi connectivity index (χ1) is 3.66. The molecule has 0 fully saturated rings. The molecular weight excluding hydrogens is 128 g/mol. The number of carbonyl (C=O) groups excluding carboxylic acids is 1. The predicted octanol–water partition coefficient (Wildman–Crippen LogP) is 1.30. The number of esters is 1. The van der Waals surface area contributed by atoms with Crippen LogP contribution in [0.4, 0.5) is 0 Å². The molecule has 0 aromatic heterocycles. The van der Waals surface area contributed by atoms with E-state index < -0.39 is 5.97 Å². The standard InChI is InChI=1S/C5H7ClO2/c1-4(6)3-5(7)8-2/h3H,1-2H3. The smallest absolute Gasteiger partial charge is 0.331 e. The topological polar surface area (TPSA) is 26.3 Å². The van der Waals surface area contributed by atoms with E-state index in [1.807, 2.05) is 0 Å². The van der Waals surface area contributed by atoms with E-state index in [-0.39, 0.29) is 0 Å². The fourth-order valence-electron chi connectivity index (χ4n) is 0.221. The van der Waals surface area contributed by atoms with Crippen LogP contribution in [0.1, 0.15) is 6.92 Å². The third-order valence-electron chi connectivity index (χ3n) is 0.518. The molecule has 0 atom stereocenters. The molecule has 46 valence electrons. The Bertz CT molecular complexity index is 114. The van der Waals surface area contributed by atoms with E-state index in [0.29, 0.717) is 5.03 Å². The Labute approximate surface area is 53.1 Å². The summed E-state index contributed by atoms with van der Waals surface area (Å²) in [7, 11) is 1.30. The number of allylic oxidation sites excluding steroid dienone is 1. The number of hydrogen-bond donors (Lipinski definition) is 0. The van der Waals surface area contributed by atoms with Crippen molar-refractivity contribution >= 4 is 17.6 Å². The summed E-state index contributed by atoms with van der Waals surface area (Å²) in [4.78, 5) is 10.2. The van der Waals surface area contributed by atoms with Gasteiger partial charge in [0.2, 0.25) is 0 Å². The Balaban J connectivity index is 3.70. The summed E-state index contributed by atoms with van der Waals surface area (Å²) in [5, 5.41) is 0.428. The number of carbonyl (C=O) groups is 1. The zero-order valence-electron chi connectivity index (χ0n) is 4.77. The minimum absolute atomic E-state index is 0.419. The van der Waals surface area contributed by atoms with E-state index in [4.69, 9.17) is 11.6 Å². The molecule has 2 nitrogen and oxygen atoms in total. The highest BCUT2D eigenvalue weighted by Gasteiger charge is 1.90. The first-order valence-electron chi connectivity index (χ1n) is 2.08. The lowest BCUT2D eigenvalue weighted by Gasteiger charge is -1.87. The normalized spacial score (nSPS) is 11.1. The molecule has 0 rings (SSSR count). The molecule has 0 N–H and O–H groups in total. The average Bonchev–Trinajstić information content (AvgIpc) is 1.65.